The fourth-order valence-corrected chi connectivity index (χ4v) is 1.83. The maximum Gasteiger partial charge on any atom is 0.0104 e. The van der Waals surface area contributed by atoms with Crippen molar-refractivity contribution in [1.29, 1.82) is 0 Å². The zero-order valence-electron chi connectivity index (χ0n) is 9.92. The van der Waals surface area contributed by atoms with Crippen molar-refractivity contribution in [2.24, 2.45) is 0 Å². The minimum Gasteiger partial charge on any atom is -0.313 e. The standard InChI is InChI=1S/C11H25N3/c1-4-13(2)10-7-12-11-5-8-14(3)9-6-11/h11-12H,4-10H2,1-3H3. The average molecular weight is 199 g/mol. The highest BCUT2D eigenvalue weighted by molar-refractivity contribution is 4.75. The van der Waals surface area contributed by atoms with Gasteiger partial charge in [-0.25, -0.2) is 0 Å². The van der Waals surface area contributed by atoms with Crippen LogP contribution in [0.4, 0.5) is 0 Å². The van der Waals surface area contributed by atoms with Crippen molar-refractivity contribution >= 4 is 0 Å². The summed E-state index contributed by atoms with van der Waals surface area (Å²) in [5.74, 6) is 0. The van der Waals surface area contributed by atoms with Crippen molar-refractivity contribution in [3.05, 3.63) is 0 Å². The predicted molar refractivity (Wildman–Crippen MR) is 61.7 cm³/mol. The molecule has 1 rings (SSSR count). The van der Waals surface area contributed by atoms with Crippen molar-refractivity contribution in [2.75, 3.05) is 46.8 Å². The lowest BCUT2D eigenvalue weighted by molar-refractivity contribution is 0.229. The van der Waals surface area contributed by atoms with E-state index in [0.29, 0.717) is 0 Å². The van der Waals surface area contributed by atoms with Crippen LogP contribution in [0, 0.1) is 0 Å². The summed E-state index contributed by atoms with van der Waals surface area (Å²) >= 11 is 0. The molecule has 1 heterocycles. The Hall–Kier alpha value is -0.120. The molecule has 0 saturated carbocycles. The quantitative estimate of drug-likeness (QED) is 0.700. The van der Waals surface area contributed by atoms with E-state index in [2.05, 4.69) is 36.1 Å². The van der Waals surface area contributed by atoms with Crippen molar-refractivity contribution in [3.8, 4) is 0 Å². The molecule has 3 nitrogen and oxygen atoms in total. The maximum atomic E-state index is 3.64. The zero-order valence-corrected chi connectivity index (χ0v) is 9.92. The van der Waals surface area contributed by atoms with Gasteiger partial charge in [-0.15, -0.1) is 0 Å². The van der Waals surface area contributed by atoms with Crippen LogP contribution in [0.15, 0.2) is 0 Å². The van der Waals surface area contributed by atoms with Gasteiger partial charge in [-0.1, -0.05) is 6.92 Å². The normalized spacial score (nSPS) is 20.6. The third-order valence-corrected chi connectivity index (χ3v) is 3.18. The number of nitrogens with zero attached hydrogens (tertiary/aromatic N) is 2. The summed E-state index contributed by atoms with van der Waals surface area (Å²) in [6, 6.07) is 0.761. The zero-order chi connectivity index (χ0) is 10.4. The summed E-state index contributed by atoms with van der Waals surface area (Å²) in [4.78, 5) is 4.76. The molecular weight excluding hydrogens is 174 g/mol. The molecule has 0 bridgehead atoms. The van der Waals surface area contributed by atoms with Gasteiger partial charge >= 0.3 is 0 Å². The van der Waals surface area contributed by atoms with Gasteiger partial charge in [0.2, 0.25) is 0 Å². The molecule has 1 aliphatic rings. The Kier molecular flexibility index (Phi) is 5.45. The molecule has 1 aliphatic heterocycles. The van der Waals surface area contributed by atoms with Crippen molar-refractivity contribution in [1.82, 2.24) is 15.1 Å². The van der Waals surface area contributed by atoms with Crippen LogP contribution in [-0.4, -0.2) is 62.7 Å². The second kappa shape index (κ2) is 6.38. The molecule has 0 aromatic rings. The number of rotatable bonds is 5. The second-order valence-electron chi connectivity index (χ2n) is 4.43. The minimum atomic E-state index is 0.761. The van der Waals surface area contributed by atoms with Gasteiger partial charge in [0.1, 0.15) is 0 Å². The van der Waals surface area contributed by atoms with Crippen LogP contribution in [0.5, 0.6) is 0 Å². The highest BCUT2D eigenvalue weighted by Gasteiger charge is 2.15. The summed E-state index contributed by atoms with van der Waals surface area (Å²) < 4.78 is 0. The van der Waals surface area contributed by atoms with E-state index in [1.54, 1.807) is 0 Å². The van der Waals surface area contributed by atoms with Gasteiger partial charge in [-0.2, -0.15) is 0 Å². The summed E-state index contributed by atoms with van der Waals surface area (Å²) in [5.41, 5.74) is 0. The number of hydrogen-bond acceptors (Lipinski definition) is 3. The minimum absolute atomic E-state index is 0.761. The molecule has 84 valence electrons. The third kappa shape index (κ3) is 4.40. The Balaban J connectivity index is 2.02. The Bertz CT molecular complexity index is 141. The molecule has 0 aromatic carbocycles. The van der Waals surface area contributed by atoms with E-state index in [1.165, 1.54) is 32.5 Å². The summed E-state index contributed by atoms with van der Waals surface area (Å²) in [7, 11) is 4.39. The highest BCUT2D eigenvalue weighted by Crippen LogP contribution is 2.07. The van der Waals surface area contributed by atoms with Gasteiger partial charge in [0.15, 0.2) is 0 Å². The molecule has 0 aromatic heterocycles. The Labute approximate surface area is 88.5 Å². The first-order chi connectivity index (χ1) is 6.72. The number of piperidine rings is 1. The number of likely N-dealkylation sites (N-methyl/N-ethyl adjacent to an activating group) is 1. The van der Waals surface area contributed by atoms with Gasteiger partial charge in [-0.3, -0.25) is 0 Å². The van der Waals surface area contributed by atoms with E-state index in [0.717, 1.165) is 19.1 Å². The first kappa shape index (κ1) is 12.0. The van der Waals surface area contributed by atoms with Gasteiger partial charge in [0.05, 0.1) is 0 Å². The van der Waals surface area contributed by atoms with Gasteiger partial charge in [0.25, 0.3) is 0 Å². The lowest BCUT2D eigenvalue weighted by Crippen LogP contribution is -2.43. The van der Waals surface area contributed by atoms with E-state index in [4.69, 9.17) is 0 Å². The smallest absolute Gasteiger partial charge is 0.0104 e. The molecule has 0 unspecified atom stereocenters. The first-order valence-electron chi connectivity index (χ1n) is 5.83. The maximum absolute atomic E-state index is 3.64. The second-order valence-corrected chi connectivity index (χ2v) is 4.43. The third-order valence-electron chi connectivity index (χ3n) is 3.18. The number of hydrogen-bond donors (Lipinski definition) is 1. The van der Waals surface area contributed by atoms with Crippen molar-refractivity contribution in [3.63, 3.8) is 0 Å². The predicted octanol–water partition coefficient (Wildman–Crippen LogP) is 0.622. The molecule has 0 radical (unpaired) electrons. The molecule has 0 amide bonds. The molecule has 0 aliphatic carbocycles. The Morgan fingerprint density at radius 2 is 2.00 bits per heavy atom. The molecule has 1 saturated heterocycles. The van der Waals surface area contributed by atoms with E-state index in [9.17, 15) is 0 Å². The lowest BCUT2D eigenvalue weighted by Gasteiger charge is -2.30. The highest BCUT2D eigenvalue weighted by atomic mass is 15.1. The van der Waals surface area contributed by atoms with Crippen LogP contribution < -0.4 is 5.32 Å². The Morgan fingerprint density at radius 3 is 2.57 bits per heavy atom. The van der Waals surface area contributed by atoms with Crippen LogP contribution in [0.25, 0.3) is 0 Å². The fourth-order valence-electron chi connectivity index (χ4n) is 1.83. The van der Waals surface area contributed by atoms with E-state index < -0.39 is 0 Å². The summed E-state index contributed by atoms with van der Waals surface area (Å²) in [6.45, 7) is 8.16. The van der Waals surface area contributed by atoms with Crippen molar-refractivity contribution in [2.45, 2.75) is 25.8 Å². The van der Waals surface area contributed by atoms with Crippen LogP contribution in [0.1, 0.15) is 19.8 Å². The molecule has 14 heavy (non-hydrogen) atoms. The summed E-state index contributed by atoms with van der Waals surface area (Å²) in [6.07, 6.45) is 2.62. The largest absolute Gasteiger partial charge is 0.313 e. The molecule has 0 atom stereocenters. The average Bonchev–Trinajstić information content (AvgIpc) is 2.21. The van der Waals surface area contributed by atoms with Crippen LogP contribution in [0.3, 0.4) is 0 Å². The molecule has 0 spiro atoms. The topological polar surface area (TPSA) is 18.5 Å². The van der Waals surface area contributed by atoms with Gasteiger partial charge < -0.3 is 15.1 Å². The summed E-state index contributed by atoms with van der Waals surface area (Å²) in [5, 5.41) is 3.64. The molecule has 3 heteroatoms. The number of likely N-dealkylation sites (tertiary alicyclic amines) is 1. The molecule has 1 N–H and O–H groups in total. The first-order valence-corrected chi connectivity index (χ1v) is 5.83. The van der Waals surface area contributed by atoms with Crippen LogP contribution in [0.2, 0.25) is 0 Å². The van der Waals surface area contributed by atoms with Gasteiger partial charge in [-0.05, 0) is 46.6 Å². The molecule has 1 fully saturated rings. The van der Waals surface area contributed by atoms with Crippen LogP contribution >= 0.6 is 0 Å². The number of nitrogens with one attached hydrogen (secondary N) is 1. The van der Waals surface area contributed by atoms with E-state index in [-0.39, 0.29) is 0 Å². The lowest BCUT2D eigenvalue weighted by atomic mass is 10.1. The van der Waals surface area contributed by atoms with Gasteiger partial charge in [0, 0.05) is 19.1 Å². The SMILES string of the molecule is CCN(C)CCNC1CCN(C)CC1. The Morgan fingerprint density at radius 1 is 1.36 bits per heavy atom. The van der Waals surface area contributed by atoms with E-state index in [1.807, 2.05) is 0 Å². The van der Waals surface area contributed by atoms with Crippen molar-refractivity contribution < 1.29 is 0 Å². The molecular formula is C11H25N3. The monoisotopic (exact) mass is 199 g/mol. The van der Waals surface area contributed by atoms with E-state index >= 15 is 0 Å². The van der Waals surface area contributed by atoms with Crippen LogP contribution in [-0.2, 0) is 0 Å². The fraction of sp³-hybridized carbons (Fsp3) is 1.00.